The maximum absolute atomic E-state index is 12.4. The molecule has 0 aliphatic heterocycles. The molecule has 136 valence electrons. The van der Waals surface area contributed by atoms with Crippen LogP contribution in [-0.2, 0) is 19.0 Å². The lowest BCUT2D eigenvalue weighted by Crippen LogP contribution is -2.50. The zero-order valence-electron chi connectivity index (χ0n) is 15.7. The summed E-state index contributed by atoms with van der Waals surface area (Å²) in [5.41, 5.74) is -1.30. The van der Waals surface area contributed by atoms with Gasteiger partial charge in [0, 0.05) is 32.7 Å². The second-order valence-corrected chi connectivity index (χ2v) is 7.02. The largest absolute Gasteiger partial charge is 0.444 e. The number of rotatable bonds is 8. The molecule has 23 heavy (non-hydrogen) atoms. The summed E-state index contributed by atoms with van der Waals surface area (Å²) in [7, 11) is 3.06. The number of likely N-dealkylation sites (N-methyl/N-ethyl adjacent to an activating group) is 1. The van der Waals surface area contributed by atoms with E-state index in [2.05, 4.69) is 5.32 Å². The van der Waals surface area contributed by atoms with Crippen LogP contribution in [0.15, 0.2) is 0 Å². The van der Waals surface area contributed by atoms with Crippen LogP contribution in [0.3, 0.4) is 0 Å². The maximum atomic E-state index is 12.4. The van der Waals surface area contributed by atoms with E-state index in [9.17, 15) is 9.59 Å². The number of alkyl carbamates (subject to hydrolysis) is 1. The molecule has 1 N–H and O–H groups in total. The standard InChI is InChI=1S/C16H32N2O5/c1-9-18(11-13(21-7)22-8)12(19)10-16(5,6)17-14(20)23-15(2,3)4/h13H,9-11H2,1-8H3,(H,17,20). The molecule has 0 fully saturated rings. The predicted molar refractivity (Wildman–Crippen MR) is 88.1 cm³/mol. The zero-order chi connectivity index (χ0) is 18.3. The van der Waals surface area contributed by atoms with Crippen LogP contribution in [0.4, 0.5) is 4.79 Å². The van der Waals surface area contributed by atoms with Gasteiger partial charge in [-0.25, -0.2) is 4.79 Å². The van der Waals surface area contributed by atoms with E-state index in [4.69, 9.17) is 14.2 Å². The van der Waals surface area contributed by atoms with E-state index in [0.29, 0.717) is 13.1 Å². The molecule has 0 spiro atoms. The number of ether oxygens (including phenoxy) is 3. The van der Waals surface area contributed by atoms with Crippen LogP contribution >= 0.6 is 0 Å². The minimum atomic E-state index is -0.720. The van der Waals surface area contributed by atoms with Crippen LogP contribution in [0, 0.1) is 0 Å². The summed E-state index contributed by atoms with van der Waals surface area (Å²) in [5.74, 6) is -0.0901. The van der Waals surface area contributed by atoms with Crippen molar-refractivity contribution in [2.75, 3.05) is 27.3 Å². The van der Waals surface area contributed by atoms with Gasteiger partial charge < -0.3 is 24.4 Å². The third-order valence-electron chi connectivity index (χ3n) is 3.06. The summed E-state index contributed by atoms with van der Waals surface area (Å²) in [6, 6.07) is 0. The van der Waals surface area contributed by atoms with Crippen LogP contribution < -0.4 is 5.32 Å². The molecule has 0 aromatic rings. The lowest BCUT2D eigenvalue weighted by molar-refractivity contribution is -0.146. The lowest BCUT2D eigenvalue weighted by atomic mass is 10.00. The van der Waals surface area contributed by atoms with Crippen LogP contribution in [0.5, 0.6) is 0 Å². The van der Waals surface area contributed by atoms with Crippen molar-refractivity contribution in [3.63, 3.8) is 0 Å². The van der Waals surface area contributed by atoms with E-state index < -0.39 is 23.5 Å². The summed E-state index contributed by atoms with van der Waals surface area (Å²) in [4.78, 5) is 25.9. The van der Waals surface area contributed by atoms with E-state index >= 15 is 0 Å². The number of methoxy groups -OCH3 is 2. The summed E-state index contributed by atoms with van der Waals surface area (Å²) in [6.45, 7) is 11.7. The third kappa shape index (κ3) is 9.40. The van der Waals surface area contributed by atoms with Crippen molar-refractivity contribution >= 4 is 12.0 Å². The summed E-state index contributed by atoms with van der Waals surface area (Å²) in [6.07, 6.45) is -0.855. The Labute approximate surface area is 139 Å². The van der Waals surface area contributed by atoms with Crippen molar-refractivity contribution in [1.82, 2.24) is 10.2 Å². The van der Waals surface area contributed by atoms with Gasteiger partial charge in [0.25, 0.3) is 0 Å². The van der Waals surface area contributed by atoms with Crippen molar-refractivity contribution in [2.24, 2.45) is 0 Å². The van der Waals surface area contributed by atoms with Gasteiger partial charge in [0.1, 0.15) is 5.60 Å². The Morgan fingerprint density at radius 2 is 1.61 bits per heavy atom. The van der Waals surface area contributed by atoms with Gasteiger partial charge in [0.05, 0.1) is 6.54 Å². The highest BCUT2D eigenvalue weighted by molar-refractivity contribution is 5.78. The van der Waals surface area contributed by atoms with Gasteiger partial charge in [-0.3, -0.25) is 4.79 Å². The van der Waals surface area contributed by atoms with Gasteiger partial charge in [0.2, 0.25) is 5.91 Å². The molecule has 0 aromatic carbocycles. The Morgan fingerprint density at radius 1 is 1.09 bits per heavy atom. The monoisotopic (exact) mass is 332 g/mol. The molecule has 0 heterocycles. The third-order valence-corrected chi connectivity index (χ3v) is 3.06. The van der Waals surface area contributed by atoms with Gasteiger partial charge in [-0.15, -0.1) is 0 Å². The normalized spacial score (nSPS) is 12.2. The molecule has 2 amide bonds. The van der Waals surface area contributed by atoms with Crippen molar-refractivity contribution in [3.8, 4) is 0 Å². The smallest absolute Gasteiger partial charge is 0.408 e. The Kier molecular flexibility index (Phi) is 8.55. The first kappa shape index (κ1) is 21.7. The molecule has 7 heteroatoms. The molecule has 0 saturated carbocycles. The highest BCUT2D eigenvalue weighted by Gasteiger charge is 2.29. The second kappa shape index (κ2) is 9.08. The van der Waals surface area contributed by atoms with E-state index in [1.54, 1.807) is 39.5 Å². The van der Waals surface area contributed by atoms with Crippen molar-refractivity contribution in [1.29, 1.82) is 0 Å². The van der Waals surface area contributed by atoms with Crippen LogP contribution in [0.2, 0.25) is 0 Å². The van der Waals surface area contributed by atoms with Crippen molar-refractivity contribution < 1.29 is 23.8 Å². The average Bonchev–Trinajstić information content (AvgIpc) is 2.36. The number of hydrogen-bond acceptors (Lipinski definition) is 5. The molecular formula is C16H32N2O5. The summed E-state index contributed by atoms with van der Waals surface area (Å²) in [5, 5.41) is 2.73. The van der Waals surface area contributed by atoms with Crippen molar-refractivity contribution in [2.45, 2.75) is 65.4 Å². The van der Waals surface area contributed by atoms with Gasteiger partial charge in [-0.1, -0.05) is 0 Å². The second-order valence-electron chi connectivity index (χ2n) is 7.02. The Balaban J connectivity index is 4.67. The number of hydrogen-bond donors (Lipinski definition) is 1. The quantitative estimate of drug-likeness (QED) is 0.689. The van der Waals surface area contributed by atoms with E-state index in [1.807, 2.05) is 6.92 Å². The van der Waals surface area contributed by atoms with E-state index in [1.165, 1.54) is 14.2 Å². The molecule has 0 radical (unpaired) electrons. The van der Waals surface area contributed by atoms with E-state index in [0.717, 1.165) is 0 Å². The molecule has 0 aromatic heterocycles. The molecule has 0 atom stereocenters. The lowest BCUT2D eigenvalue weighted by Gasteiger charge is -2.31. The molecule has 0 unspecified atom stereocenters. The first-order valence-corrected chi connectivity index (χ1v) is 7.78. The molecule has 0 rings (SSSR count). The maximum Gasteiger partial charge on any atom is 0.408 e. The number of nitrogens with zero attached hydrogens (tertiary/aromatic N) is 1. The topological polar surface area (TPSA) is 77.1 Å². The Morgan fingerprint density at radius 3 is 2.00 bits per heavy atom. The molecule has 0 aliphatic carbocycles. The highest BCUT2D eigenvalue weighted by atomic mass is 16.7. The summed E-state index contributed by atoms with van der Waals surface area (Å²) >= 11 is 0. The number of amides is 2. The highest BCUT2D eigenvalue weighted by Crippen LogP contribution is 2.14. The van der Waals surface area contributed by atoms with Gasteiger partial charge in [-0.05, 0) is 41.5 Å². The molecular weight excluding hydrogens is 300 g/mol. The van der Waals surface area contributed by atoms with Crippen LogP contribution in [0.1, 0.15) is 48.0 Å². The van der Waals surface area contributed by atoms with Gasteiger partial charge in [0.15, 0.2) is 6.29 Å². The minimum Gasteiger partial charge on any atom is -0.444 e. The Hall–Kier alpha value is -1.34. The number of nitrogens with one attached hydrogen (secondary N) is 1. The zero-order valence-corrected chi connectivity index (χ0v) is 15.7. The fraction of sp³-hybridized carbons (Fsp3) is 0.875. The predicted octanol–water partition coefficient (Wildman–Crippen LogP) is 2.15. The SMILES string of the molecule is CCN(CC(OC)OC)C(=O)CC(C)(C)NC(=O)OC(C)(C)C. The molecule has 0 aliphatic rings. The fourth-order valence-electron chi connectivity index (χ4n) is 1.95. The molecule has 7 nitrogen and oxygen atoms in total. The summed E-state index contributed by atoms with van der Waals surface area (Å²) < 4.78 is 15.5. The Bertz CT molecular complexity index is 386. The number of carbonyl (C=O) groups is 2. The van der Waals surface area contributed by atoms with Crippen LogP contribution in [0.25, 0.3) is 0 Å². The van der Waals surface area contributed by atoms with Gasteiger partial charge in [-0.2, -0.15) is 0 Å². The minimum absolute atomic E-state index is 0.0901. The van der Waals surface area contributed by atoms with E-state index in [-0.39, 0.29) is 12.3 Å². The number of carbonyl (C=O) groups excluding carboxylic acids is 2. The average molecular weight is 332 g/mol. The van der Waals surface area contributed by atoms with Gasteiger partial charge >= 0.3 is 6.09 Å². The first-order valence-electron chi connectivity index (χ1n) is 7.78. The molecule has 0 saturated heterocycles. The van der Waals surface area contributed by atoms with Crippen LogP contribution in [-0.4, -0.2) is 61.6 Å². The molecule has 0 bridgehead atoms. The first-order chi connectivity index (χ1) is 10.4. The fourth-order valence-corrected chi connectivity index (χ4v) is 1.95. The van der Waals surface area contributed by atoms with Crippen molar-refractivity contribution in [3.05, 3.63) is 0 Å².